The van der Waals surface area contributed by atoms with Gasteiger partial charge in [0.2, 0.25) is 5.91 Å². The first kappa shape index (κ1) is 25.9. The van der Waals surface area contributed by atoms with E-state index >= 15 is 0 Å². The Morgan fingerprint density at radius 3 is 2.19 bits per heavy atom. The molecular formula is C24H44N2O5. The molecule has 0 aliphatic heterocycles. The van der Waals surface area contributed by atoms with Gasteiger partial charge < -0.3 is 25.6 Å². The maximum absolute atomic E-state index is 12.7. The van der Waals surface area contributed by atoms with Gasteiger partial charge in [0.15, 0.2) is 0 Å². The van der Waals surface area contributed by atoms with E-state index in [1.54, 1.807) is 27.8 Å². The van der Waals surface area contributed by atoms with Gasteiger partial charge in [0.05, 0.1) is 23.7 Å². The van der Waals surface area contributed by atoms with Crippen LogP contribution in [-0.4, -0.2) is 52.6 Å². The number of hydrogen-bond donors (Lipinski definition) is 4. The van der Waals surface area contributed by atoms with Crippen LogP contribution < -0.4 is 10.6 Å². The van der Waals surface area contributed by atoms with Crippen molar-refractivity contribution in [2.75, 3.05) is 7.05 Å². The zero-order chi connectivity index (χ0) is 23.1. The quantitative estimate of drug-likeness (QED) is 0.461. The molecule has 0 saturated heterocycles. The number of nitrogens with one attached hydrogen (secondary N) is 2. The van der Waals surface area contributed by atoms with Gasteiger partial charge in [0.25, 0.3) is 0 Å². The lowest BCUT2D eigenvalue weighted by molar-refractivity contribution is -0.140. The molecular weight excluding hydrogens is 396 g/mol. The molecule has 180 valence electrons. The molecule has 3 atom stereocenters. The average Bonchev–Trinajstić information content (AvgIpc) is 2.70. The Bertz CT molecular complexity index is 577. The molecule has 7 nitrogen and oxygen atoms in total. The Labute approximate surface area is 187 Å². The maximum atomic E-state index is 12.7. The Balaban J connectivity index is 2.14. The van der Waals surface area contributed by atoms with Gasteiger partial charge in [-0.15, -0.1) is 0 Å². The van der Waals surface area contributed by atoms with Crippen molar-refractivity contribution in [1.82, 2.24) is 10.6 Å². The molecule has 2 rings (SSSR count). The summed E-state index contributed by atoms with van der Waals surface area (Å²) in [6, 6.07) is -0.516. The van der Waals surface area contributed by atoms with Crippen LogP contribution in [0.25, 0.3) is 0 Å². The molecule has 0 heterocycles. The molecule has 2 saturated carbocycles. The average molecular weight is 441 g/mol. The molecule has 0 aromatic rings. The molecule has 2 fully saturated rings. The molecule has 0 aromatic heterocycles. The van der Waals surface area contributed by atoms with Gasteiger partial charge in [-0.3, -0.25) is 4.79 Å². The molecule has 7 heteroatoms. The lowest BCUT2D eigenvalue weighted by Gasteiger charge is -2.40. The summed E-state index contributed by atoms with van der Waals surface area (Å²) >= 11 is 0. The van der Waals surface area contributed by atoms with E-state index in [4.69, 9.17) is 4.74 Å². The van der Waals surface area contributed by atoms with Crippen molar-refractivity contribution in [3.05, 3.63) is 0 Å². The highest BCUT2D eigenvalue weighted by atomic mass is 16.6. The van der Waals surface area contributed by atoms with Crippen LogP contribution >= 0.6 is 0 Å². The van der Waals surface area contributed by atoms with Crippen LogP contribution in [0.2, 0.25) is 0 Å². The van der Waals surface area contributed by atoms with Crippen LogP contribution in [0, 0.1) is 11.8 Å². The Morgan fingerprint density at radius 1 is 1.06 bits per heavy atom. The van der Waals surface area contributed by atoms with E-state index in [9.17, 15) is 19.8 Å². The molecule has 2 aliphatic rings. The van der Waals surface area contributed by atoms with Crippen LogP contribution in [0.5, 0.6) is 0 Å². The summed E-state index contributed by atoms with van der Waals surface area (Å²) < 4.78 is 5.43. The first-order valence-electron chi connectivity index (χ1n) is 12.2. The third kappa shape index (κ3) is 8.26. The topological polar surface area (TPSA) is 108 Å². The van der Waals surface area contributed by atoms with E-state index in [-0.39, 0.29) is 12.3 Å². The predicted octanol–water partition coefficient (Wildman–Crippen LogP) is 3.66. The zero-order valence-electron chi connectivity index (χ0n) is 19.9. The lowest BCUT2D eigenvalue weighted by atomic mass is 9.72. The van der Waals surface area contributed by atoms with E-state index in [0.717, 1.165) is 32.1 Å². The second-order valence-corrected chi connectivity index (χ2v) is 10.6. The first-order chi connectivity index (χ1) is 14.5. The molecule has 4 N–H and O–H groups in total. The summed E-state index contributed by atoms with van der Waals surface area (Å²) in [7, 11) is 1.56. The number of hydrogen-bond acceptors (Lipinski definition) is 5. The molecule has 2 aliphatic carbocycles. The van der Waals surface area contributed by atoms with Gasteiger partial charge in [-0.1, -0.05) is 51.4 Å². The maximum Gasteiger partial charge on any atom is 0.407 e. The third-order valence-corrected chi connectivity index (χ3v) is 6.89. The minimum Gasteiger partial charge on any atom is -0.444 e. The van der Waals surface area contributed by atoms with Crippen molar-refractivity contribution in [1.29, 1.82) is 0 Å². The fourth-order valence-corrected chi connectivity index (χ4v) is 5.22. The number of rotatable bonds is 8. The molecule has 2 amide bonds. The first-order valence-corrected chi connectivity index (χ1v) is 12.2. The van der Waals surface area contributed by atoms with E-state index in [1.165, 1.54) is 19.3 Å². The molecule has 0 unspecified atom stereocenters. The van der Waals surface area contributed by atoms with Gasteiger partial charge in [-0.2, -0.15) is 0 Å². The van der Waals surface area contributed by atoms with Crippen molar-refractivity contribution >= 4 is 12.0 Å². The van der Waals surface area contributed by atoms with Crippen LogP contribution in [0.15, 0.2) is 0 Å². The highest BCUT2D eigenvalue weighted by Gasteiger charge is 2.44. The highest BCUT2D eigenvalue weighted by molar-refractivity contribution is 5.79. The molecule has 0 spiro atoms. The molecule has 0 radical (unpaired) electrons. The normalized spacial score (nSPS) is 22.8. The summed E-state index contributed by atoms with van der Waals surface area (Å²) in [5, 5.41) is 28.0. The number of ether oxygens (including phenoxy) is 1. The van der Waals surface area contributed by atoms with Crippen molar-refractivity contribution in [3.8, 4) is 0 Å². The van der Waals surface area contributed by atoms with Crippen molar-refractivity contribution < 1.29 is 24.5 Å². The SMILES string of the molecule is CNC(=O)[C@@H](C[C@H](O)[C@H](CC1CCCCC1)NC(=O)OC(C)(C)C)C1(O)CCCCC1. The highest BCUT2D eigenvalue weighted by Crippen LogP contribution is 2.38. The Morgan fingerprint density at radius 2 is 1.65 bits per heavy atom. The summed E-state index contributed by atoms with van der Waals surface area (Å²) in [6.45, 7) is 5.41. The fourth-order valence-electron chi connectivity index (χ4n) is 5.22. The van der Waals surface area contributed by atoms with Gasteiger partial charge in [0, 0.05) is 7.05 Å². The van der Waals surface area contributed by atoms with E-state index < -0.39 is 35.4 Å². The Hall–Kier alpha value is -1.34. The number of carbonyl (C=O) groups excluding carboxylic acids is 2. The summed E-state index contributed by atoms with van der Waals surface area (Å²) in [5.74, 6) is -0.529. The van der Waals surface area contributed by atoms with Crippen molar-refractivity contribution in [3.63, 3.8) is 0 Å². The lowest BCUT2D eigenvalue weighted by Crippen LogP contribution is -2.52. The number of alkyl carbamates (subject to hydrolysis) is 1. The third-order valence-electron chi connectivity index (χ3n) is 6.89. The summed E-state index contributed by atoms with van der Waals surface area (Å²) in [6.07, 6.45) is 8.93. The van der Waals surface area contributed by atoms with Crippen molar-refractivity contribution in [2.24, 2.45) is 11.8 Å². The standard InChI is InChI=1S/C24H44N2O5/c1-23(2,3)31-22(29)26-19(15-17-11-7-5-8-12-17)20(27)16-18(21(28)25-4)24(30)13-9-6-10-14-24/h17-20,27,30H,5-16H2,1-4H3,(H,25,28)(H,26,29)/t18-,19+,20+/m1/s1. The van der Waals surface area contributed by atoms with E-state index in [2.05, 4.69) is 10.6 Å². The smallest absolute Gasteiger partial charge is 0.407 e. The van der Waals surface area contributed by atoms with Gasteiger partial charge in [-0.05, 0) is 52.4 Å². The summed E-state index contributed by atoms with van der Waals surface area (Å²) in [4.78, 5) is 25.2. The molecule has 0 aromatic carbocycles. The minimum atomic E-state index is -1.11. The van der Waals surface area contributed by atoms with Crippen LogP contribution in [-0.2, 0) is 9.53 Å². The van der Waals surface area contributed by atoms with E-state index in [1.807, 2.05) is 0 Å². The number of aliphatic hydroxyl groups is 2. The number of amides is 2. The number of carbonyl (C=O) groups is 2. The second-order valence-electron chi connectivity index (χ2n) is 10.6. The minimum absolute atomic E-state index is 0.114. The zero-order valence-corrected chi connectivity index (χ0v) is 19.9. The molecule has 0 bridgehead atoms. The van der Waals surface area contributed by atoms with Crippen LogP contribution in [0.4, 0.5) is 4.79 Å². The Kier molecular flexibility index (Phi) is 9.62. The van der Waals surface area contributed by atoms with Crippen molar-refractivity contribution in [2.45, 2.75) is 121 Å². The van der Waals surface area contributed by atoms with Gasteiger partial charge >= 0.3 is 6.09 Å². The number of aliphatic hydroxyl groups excluding tert-OH is 1. The second kappa shape index (κ2) is 11.5. The van der Waals surface area contributed by atoms with E-state index in [0.29, 0.717) is 25.2 Å². The monoisotopic (exact) mass is 440 g/mol. The van der Waals surface area contributed by atoms with Gasteiger partial charge in [-0.25, -0.2) is 4.79 Å². The largest absolute Gasteiger partial charge is 0.444 e. The van der Waals surface area contributed by atoms with Gasteiger partial charge in [0.1, 0.15) is 5.60 Å². The predicted molar refractivity (Wildman–Crippen MR) is 121 cm³/mol. The summed E-state index contributed by atoms with van der Waals surface area (Å²) in [5.41, 5.74) is -1.74. The molecule has 31 heavy (non-hydrogen) atoms. The van der Waals surface area contributed by atoms with Crippen LogP contribution in [0.1, 0.15) is 97.8 Å². The van der Waals surface area contributed by atoms with Crippen LogP contribution in [0.3, 0.4) is 0 Å². The fraction of sp³-hybridized carbons (Fsp3) is 0.917.